The third kappa shape index (κ3) is 2.87. The minimum Gasteiger partial charge on any atom is -0.318 e. The zero-order valence-electron chi connectivity index (χ0n) is 15.5. The lowest BCUT2D eigenvalue weighted by atomic mass is 10.1. The minimum absolute atomic E-state index is 0.0195. The summed E-state index contributed by atoms with van der Waals surface area (Å²) < 4.78 is 54.2. The Labute approximate surface area is 122 Å². The standard InChI is InChI=1S/C14H15FN2OS/c1-3-19-14(18)12-13(15)16-9-17(12)10(2)11-7-5-4-6-8-11/h4-10H,3H2,1-2H3/t10-/m1/s1/i4D,5D,6D,7D,8D. The molecule has 0 aliphatic carbocycles. The molecule has 5 heteroatoms. The van der Waals surface area contributed by atoms with Crippen LogP contribution in [0.3, 0.4) is 0 Å². The van der Waals surface area contributed by atoms with Gasteiger partial charge in [-0.1, -0.05) is 48.9 Å². The van der Waals surface area contributed by atoms with Crippen molar-refractivity contribution in [3.05, 3.63) is 53.7 Å². The van der Waals surface area contributed by atoms with Gasteiger partial charge in [0.05, 0.1) is 19.2 Å². The lowest BCUT2D eigenvalue weighted by molar-refractivity contribution is 0.107. The first-order chi connectivity index (χ1) is 11.2. The van der Waals surface area contributed by atoms with Crippen LogP contribution in [0.5, 0.6) is 0 Å². The van der Waals surface area contributed by atoms with Crippen molar-refractivity contribution >= 4 is 16.9 Å². The monoisotopic (exact) mass is 283 g/mol. The molecule has 1 heterocycles. The van der Waals surface area contributed by atoms with Gasteiger partial charge in [-0.3, -0.25) is 4.79 Å². The van der Waals surface area contributed by atoms with E-state index < -0.39 is 35.2 Å². The lowest BCUT2D eigenvalue weighted by Gasteiger charge is -2.16. The van der Waals surface area contributed by atoms with E-state index in [1.807, 2.05) is 0 Å². The van der Waals surface area contributed by atoms with Gasteiger partial charge in [-0.2, -0.15) is 4.39 Å². The average Bonchev–Trinajstić information content (AvgIpc) is 2.93. The summed E-state index contributed by atoms with van der Waals surface area (Å²) in [6.07, 6.45) is 1.10. The van der Waals surface area contributed by atoms with Gasteiger partial charge in [-0.15, -0.1) is 0 Å². The highest BCUT2D eigenvalue weighted by Crippen LogP contribution is 2.23. The van der Waals surface area contributed by atoms with Crippen LogP contribution >= 0.6 is 11.8 Å². The predicted molar refractivity (Wildman–Crippen MR) is 74.9 cm³/mol. The summed E-state index contributed by atoms with van der Waals surface area (Å²) in [4.78, 5) is 15.6. The van der Waals surface area contributed by atoms with Crippen LogP contribution in [0.25, 0.3) is 0 Å². The highest BCUT2D eigenvalue weighted by Gasteiger charge is 2.22. The van der Waals surface area contributed by atoms with Gasteiger partial charge < -0.3 is 4.57 Å². The molecule has 0 unspecified atom stereocenters. The fourth-order valence-electron chi connectivity index (χ4n) is 1.63. The quantitative estimate of drug-likeness (QED) is 0.861. The van der Waals surface area contributed by atoms with Crippen molar-refractivity contribution in [1.82, 2.24) is 9.55 Å². The van der Waals surface area contributed by atoms with Crippen molar-refractivity contribution in [2.75, 3.05) is 5.75 Å². The largest absolute Gasteiger partial charge is 0.318 e. The van der Waals surface area contributed by atoms with Gasteiger partial charge >= 0.3 is 0 Å². The van der Waals surface area contributed by atoms with E-state index in [9.17, 15) is 9.18 Å². The van der Waals surface area contributed by atoms with Gasteiger partial charge in [-0.25, -0.2) is 4.98 Å². The molecular formula is C14H15FN2OS. The van der Waals surface area contributed by atoms with Crippen LogP contribution in [0.15, 0.2) is 36.5 Å². The maximum atomic E-state index is 13.9. The molecule has 1 aromatic carbocycles. The zero-order valence-corrected chi connectivity index (χ0v) is 11.3. The Hall–Kier alpha value is -1.62. The van der Waals surface area contributed by atoms with E-state index in [1.54, 1.807) is 6.92 Å². The second-order valence-corrected chi connectivity index (χ2v) is 4.96. The Bertz CT molecular complexity index is 782. The molecule has 2 aromatic rings. The number of imidazole rings is 1. The third-order valence-corrected chi connectivity index (χ3v) is 3.32. The first-order valence-corrected chi connectivity index (χ1v) is 6.67. The molecule has 0 spiro atoms. The number of benzene rings is 1. The topological polar surface area (TPSA) is 34.9 Å². The Morgan fingerprint density at radius 1 is 1.53 bits per heavy atom. The summed E-state index contributed by atoms with van der Waals surface area (Å²) in [6.45, 7) is 3.28. The van der Waals surface area contributed by atoms with Crippen LogP contribution < -0.4 is 0 Å². The van der Waals surface area contributed by atoms with Crippen molar-refractivity contribution in [3.63, 3.8) is 0 Å². The molecule has 0 saturated heterocycles. The highest BCUT2D eigenvalue weighted by atomic mass is 32.2. The molecule has 0 fully saturated rings. The summed E-state index contributed by atoms with van der Waals surface area (Å²) in [6, 6.07) is -3.08. The first-order valence-electron chi connectivity index (χ1n) is 8.18. The maximum Gasteiger partial charge on any atom is 0.242 e. The number of thioether (sulfide) groups is 1. The van der Waals surface area contributed by atoms with E-state index in [0.717, 1.165) is 18.1 Å². The second-order valence-electron chi connectivity index (χ2n) is 3.73. The Morgan fingerprint density at radius 2 is 2.21 bits per heavy atom. The van der Waals surface area contributed by atoms with Crippen molar-refractivity contribution in [2.45, 2.75) is 19.9 Å². The number of hydrogen-bond donors (Lipinski definition) is 0. The average molecular weight is 283 g/mol. The molecule has 19 heavy (non-hydrogen) atoms. The summed E-state index contributed by atoms with van der Waals surface area (Å²) in [5.41, 5.74) is -0.296. The molecule has 1 aromatic heterocycles. The molecule has 0 N–H and O–H groups in total. The van der Waals surface area contributed by atoms with Crippen molar-refractivity contribution < 1.29 is 16.0 Å². The van der Waals surface area contributed by atoms with E-state index in [0.29, 0.717) is 5.75 Å². The summed E-state index contributed by atoms with van der Waals surface area (Å²) in [5, 5.41) is -0.522. The molecule has 0 aliphatic heterocycles. The molecule has 3 nitrogen and oxygen atoms in total. The van der Waals surface area contributed by atoms with E-state index >= 15 is 0 Å². The minimum atomic E-state index is -0.944. The number of nitrogens with zero attached hydrogens (tertiary/aromatic N) is 2. The lowest BCUT2D eigenvalue weighted by Crippen LogP contribution is -2.13. The van der Waals surface area contributed by atoms with Crippen LogP contribution in [0.4, 0.5) is 4.39 Å². The number of aromatic nitrogens is 2. The molecule has 0 aliphatic rings. The smallest absolute Gasteiger partial charge is 0.242 e. The Kier molecular flexibility index (Phi) is 2.70. The van der Waals surface area contributed by atoms with E-state index in [2.05, 4.69) is 4.98 Å². The fourth-order valence-corrected chi connectivity index (χ4v) is 2.22. The van der Waals surface area contributed by atoms with Gasteiger partial charge in [0.25, 0.3) is 0 Å². The third-order valence-electron chi connectivity index (χ3n) is 2.57. The van der Waals surface area contributed by atoms with Crippen molar-refractivity contribution in [2.24, 2.45) is 0 Å². The van der Waals surface area contributed by atoms with Gasteiger partial charge in [0.1, 0.15) is 0 Å². The summed E-state index contributed by atoms with van der Waals surface area (Å²) in [5.74, 6) is -0.493. The number of carbonyl (C=O) groups is 1. The van der Waals surface area contributed by atoms with E-state index in [4.69, 9.17) is 6.85 Å². The second kappa shape index (κ2) is 6.02. The number of carbonyl (C=O) groups excluding carboxylic acids is 1. The fraction of sp³-hybridized carbons (Fsp3) is 0.286. The van der Waals surface area contributed by atoms with Gasteiger partial charge in [0.15, 0.2) is 5.69 Å². The van der Waals surface area contributed by atoms with Crippen molar-refractivity contribution in [1.29, 1.82) is 0 Å². The SMILES string of the molecule is [2H]c1c([2H])c([2H])c([C@@H](C)n2cnc(F)c2C(=O)SCC)c([2H])c1[2H]. The van der Waals surface area contributed by atoms with E-state index in [1.165, 1.54) is 11.5 Å². The van der Waals surface area contributed by atoms with Crippen LogP contribution in [-0.2, 0) is 0 Å². The molecule has 0 radical (unpaired) electrons. The summed E-state index contributed by atoms with van der Waals surface area (Å²) in [7, 11) is 0. The van der Waals surface area contributed by atoms with Crippen LogP contribution in [0.2, 0.25) is 0 Å². The van der Waals surface area contributed by atoms with Crippen LogP contribution in [0.1, 0.15) is 42.8 Å². The van der Waals surface area contributed by atoms with E-state index in [-0.39, 0.29) is 23.3 Å². The molecule has 0 bridgehead atoms. The molecule has 0 saturated carbocycles. The predicted octanol–water partition coefficient (Wildman–Crippen LogP) is 3.52. The molecule has 2 rings (SSSR count). The Balaban J connectivity index is 2.64. The van der Waals surface area contributed by atoms with Crippen LogP contribution in [-0.4, -0.2) is 20.4 Å². The summed E-state index contributed by atoms with van der Waals surface area (Å²) >= 11 is 0.910. The highest BCUT2D eigenvalue weighted by molar-refractivity contribution is 8.14. The normalized spacial score (nSPS) is 16.1. The molecule has 100 valence electrons. The molecule has 1 atom stereocenters. The number of hydrogen-bond acceptors (Lipinski definition) is 3. The zero-order chi connectivity index (χ0) is 18.2. The maximum absolute atomic E-state index is 13.9. The molecular weight excluding hydrogens is 263 g/mol. The van der Waals surface area contributed by atoms with Crippen LogP contribution in [0, 0.1) is 5.95 Å². The first kappa shape index (κ1) is 8.53. The number of rotatable bonds is 4. The van der Waals surface area contributed by atoms with Gasteiger partial charge in [0.2, 0.25) is 11.1 Å². The Morgan fingerprint density at radius 3 is 2.84 bits per heavy atom. The van der Waals surface area contributed by atoms with Crippen molar-refractivity contribution in [3.8, 4) is 0 Å². The van der Waals surface area contributed by atoms with Gasteiger partial charge in [-0.05, 0) is 18.2 Å². The number of halogens is 1. The molecule has 0 amide bonds. The van der Waals surface area contributed by atoms with Gasteiger partial charge in [0, 0.05) is 0 Å².